The normalized spacial score (nSPS) is 28.1. The van der Waals surface area contributed by atoms with Gasteiger partial charge in [0, 0.05) is 19.1 Å². The number of hydrogen-bond donors (Lipinski definition) is 2. The zero-order valence-corrected chi connectivity index (χ0v) is 11.4. The van der Waals surface area contributed by atoms with E-state index in [4.69, 9.17) is 0 Å². The van der Waals surface area contributed by atoms with Crippen molar-refractivity contribution < 1.29 is 9.90 Å². The van der Waals surface area contributed by atoms with Crippen LogP contribution in [0, 0.1) is 11.8 Å². The first-order chi connectivity index (χ1) is 7.90. The van der Waals surface area contributed by atoms with Crippen LogP contribution in [-0.4, -0.2) is 47.7 Å². The second kappa shape index (κ2) is 6.36. The molecule has 2 N–H and O–H groups in total. The fourth-order valence-corrected chi connectivity index (χ4v) is 2.03. The smallest absolute Gasteiger partial charge is 0.234 e. The van der Waals surface area contributed by atoms with Crippen molar-refractivity contribution in [3.8, 4) is 0 Å². The van der Waals surface area contributed by atoms with E-state index in [9.17, 15) is 9.90 Å². The van der Waals surface area contributed by atoms with E-state index in [0.29, 0.717) is 12.5 Å². The molecule has 1 aliphatic rings. The maximum atomic E-state index is 11.8. The molecule has 4 nitrogen and oxygen atoms in total. The van der Waals surface area contributed by atoms with Crippen LogP contribution in [0.2, 0.25) is 0 Å². The fraction of sp³-hybridized carbons (Fsp3) is 0.923. The summed E-state index contributed by atoms with van der Waals surface area (Å²) in [6, 6.07) is 0.218. The van der Waals surface area contributed by atoms with Gasteiger partial charge in [0.05, 0.1) is 12.6 Å². The molecule has 0 saturated carbocycles. The van der Waals surface area contributed by atoms with Crippen molar-refractivity contribution in [3.05, 3.63) is 0 Å². The third-order valence-corrected chi connectivity index (χ3v) is 3.70. The molecule has 0 aromatic rings. The van der Waals surface area contributed by atoms with Gasteiger partial charge in [0.1, 0.15) is 0 Å². The predicted molar refractivity (Wildman–Crippen MR) is 68.7 cm³/mol. The zero-order valence-electron chi connectivity index (χ0n) is 11.4. The van der Waals surface area contributed by atoms with Gasteiger partial charge in [-0.05, 0) is 25.2 Å². The summed E-state index contributed by atoms with van der Waals surface area (Å²) in [4.78, 5) is 13.9. The van der Waals surface area contributed by atoms with E-state index in [2.05, 4.69) is 24.1 Å². The highest BCUT2D eigenvalue weighted by molar-refractivity contribution is 5.78. The molecular formula is C13H26N2O2. The summed E-state index contributed by atoms with van der Waals surface area (Å²) in [6.07, 6.45) is 0.567. The number of piperidine rings is 1. The molecule has 4 heteroatoms. The number of likely N-dealkylation sites (tertiary alicyclic amines) is 1. The fourth-order valence-electron chi connectivity index (χ4n) is 2.03. The van der Waals surface area contributed by atoms with Crippen LogP contribution in [0.25, 0.3) is 0 Å². The Kier molecular flexibility index (Phi) is 5.40. The van der Waals surface area contributed by atoms with Crippen molar-refractivity contribution in [1.82, 2.24) is 10.2 Å². The molecule has 0 bridgehead atoms. The van der Waals surface area contributed by atoms with Crippen LogP contribution in [0.15, 0.2) is 0 Å². The minimum atomic E-state index is -0.205. The van der Waals surface area contributed by atoms with Crippen molar-refractivity contribution in [3.63, 3.8) is 0 Å². The number of aliphatic hydroxyl groups excluding tert-OH is 1. The summed E-state index contributed by atoms with van der Waals surface area (Å²) in [5.41, 5.74) is 0. The van der Waals surface area contributed by atoms with Gasteiger partial charge in [-0.2, -0.15) is 0 Å². The molecule has 1 heterocycles. The lowest BCUT2D eigenvalue weighted by Crippen LogP contribution is -2.48. The van der Waals surface area contributed by atoms with Crippen molar-refractivity contribution in [2.45, 2.75) is 46.3 Å². The summed E-state index contributed by atoms with van der Waals surface area (Å²) in [7, 11) is 0. The SMILES string of the molecule is CC(C)C(C)NC(=O)CN1CCC(O)C(C)C1. The number of hydrogen-bond acceptors (Lipinski definition) is 3. The standard InChI is InChI=1S/C13H26N2O2/c1-9(2)11(4)14-13(17)8-15-6-5-12(16)10(3)7-15/h9-12,16H,5-8H2,1-4H3,(H,14,17). The van der Waals surface area contributed by atoms with Crippen LogP contribution in [0.4, 0.5) is 0 Å². The Morgan fingerprint density at radius 2 is 2.12 bits per heavy atom. The largest absolute Gasteiger partial charge is 0.393 e. The number of carbonyl (C=O) groups excluding carboxylic acids is 1. The number of nitrogens with zero attached hydrogens (tertiary/aromatic N) is 1. The Balaban J connectivity index is 2.32. The molecule has 0 radical (unpaired) electrons. The summed E-state index contributed by atoms with van der Waals surface area (Å²) in [5, 5.41) is 12.6. The lowest BCUT2D eigenvalue weighted by atomic mass is 9.97. The van der Waals surface area contributed by atoms with Gasteiger partial charge in [-0.25, -0.2) is 0 Å². The van der Waals surface area contributed by atoms with Gasteiger partial charge in [-0.3, -0.25) is 9.69 Å². The van der Waals surface area contributed by atoms with Gasteiger partial charge in [0.25, 0.3) is 0 Å². The van der Waals surface area contributed by atoms with E-state index in [-0.39, 0.29) is 24.0 Å². The molecule has 0 aromatic carbocycles. The van der Waals surface area contributed by atoms with Crippen molar-refractivity contribution in [1.29, 1.82) is 0 Å². The highest BCUT2D eigenvalue weighted by Crippen LogP contribution is 2.15. The Morgan fingerprint density at radius 1 is 1.47 bits per heavy atom. The molecule has 1 amide bonds. The van der Waals surface area contributed by atoms with E-state index in [1.54, 1.807) is 0 Å². The molecular weight excluding hydrogens is 216 g/mol. The van der Waals surface area contributed by atoms with Gasteiger partial charge in [0.15, 0.2) is 0 Å². The lowest BCUT2D eigenvalue weighted by Gasteiger charge is -2.34. The van der Waals surface area contributed by atoms with Gasteiger partial charge >= 0.3 is 0 Å². The summed E-state index contributed by atoms with van der Waals surface area (Å²) < 4.78 is 0. The van der Waals surface area contributed by atoms with Gasteiger partial charge < -0.3 is 10.4 Å². The summed E-state index contributed by atoms with van der Waals surface area (Å²) in [5.74, 6) is 0.815. The minimum Gasteiger partial charge on any atom is -0.393 e. The number of rotatable bonds is 4. The van der Waals surface area contributed by atoms with Crippen molar-refractivity contribution >= 4 is 5.91 Å². The van der Waals surface area contributed by atoms with E-state index in [0.717, 1.165) is 19.5 Å². The topological polar surface area (TPSA) is 52.6 Å². The van der Waals surface area contributed by atoms with Crippen LogP contribution < -0.4 is 5.32 Å². The first-order valence-corrected chi connectivity index (χ1v) is 6.60. The molecule has 1 saturated heterocycles. The van der Waals surface area contributed by atoms with Gasteiger partial charge in [-0.15, -0.1) is 0 Å². The first-order valence-electron chi connectivity index (χ1n) is 6.60. The highest BCUT2D eigenvalue weighted by atomic mass is 16.3. The second-order valence-electron chi connectivity index (χ2n) is 5.67. The Bertz CT molecular complexity index is 256. The average molecular weight is 242 g/mol. The lowest BCUT2D eigenvalue weighted by molar-refractivity contribution is -0.124. The molecule has 100 valence electrons. The third kappa shape index (κ3) is 4.64. The van der Waals surface area contributed by atoms with E-state index < -0.39 is 0 Å². The molecule has 3 atom stereocenters. The average Bonchev–Trinajstić information content (AvgIpc) is 2.23. The van der Waals surface area contributed by atoms with Crippen LogP contribution in [-0.2, 0) is 4.79 Å². The molecule has 1 aliphatic heterocycles. The summed E-state index contributed by atoms with van der Waals surface area (Å²) in [6.45, 7) is 10.3. The van der Waals surface area contributed by atoms with Crippen LogP contribution in [0.3, 0.4) is 0 Å². The third-order valence-electron chi connectivity index (χ3n) is 3.70. The van der Waals surface area contributed by atoms with Crippen molar-refractivity contribution in [2.24, 2.45) is 11.8 Å². The number of aliphatic hydroxyl groups is 1. The quantitative estimate of drug-likeness (QED) is 0.768. The number of carbonyl (C=O) groups is 1. The molecule has 1 rings (SSSR count). The first kappa shape index (κ1) is 14.5. The van der Waals surface area contributed by atoms with E-state index >= 15 is 0 Å². The maximum absolute atomic E-state index is 11.8. The molecule has 3 unspecified atom stereocenters. The molecule has 17 heavy (non-hydrogen) atoms. The zero-order chi connectivity index (χ0) is 13.0. The van der Waals surface area contributed by atoms with E-state index in [1.165, 1.54) is 0 Å². The number of amides is 1. The van der Waals surface area contributed by atoms with Crippen LogP contribution in [0.1, 0.15) is 34.1 Å². The van der Waals surface area contributed by atoms with E-state index in [1.807, 2.05) is 13.8 Å². The Morgan fingerprint density at radius 3 is 2.65 bits per heavy atom. The predicted octanol–water partition coefficient (Wildman–Crippen LogP) is 0.850. The Labute approximate surface area is 104 Å². The minimum absolute atomic E-state index is 0.0924. The second-order valence-corrected chi connectivity index (χ2v) is 5.67. The highest BCUT2D eigenvalue weighted by Gasteiger charge is 2.25. The number of nitrogens with one attached hydrogen (secondary N) is 1. The maximum Gasteiger partial charge on any atom is 0.234 e. The van der Waals surface area contributed by atoms with Crippen molar-refractivity contribution in [2.75, 3.05) is 19.6 Å². The monoisotopic (exact) mass is 242 g/mol. The Hall–Kier alpha value is -0.610. The van der Waals surface area contributed by atoms with Gasteiger partial charge in [-0.1, -0.05) is 20.8 Å². The van der Waals surface area contributed by atoms with Crippen LogP contribution in [0.5, 0.6) is 0 Å². The molecule has 0 aromatic heterocycles. The van der Waals surface area contributed by atoms with Crippen LogP contribution >= 0.6 is 0 Å². The molecule has 0 spiro atoms. The summed E-state index contributed by atoms with van der Waals surface area (Å²) >= 11 is 0. The molecule has 1 fully saturated rings. The molecule has 0 aliphatic carbocycles. The van der Waals surface area contributed by atoms with Gasteiger partial charge in [0.2, 0.25) is 5.91 Å².